The van der Waals surface area contributed by atoms with Gasteiger partial charge in [0.2, 0.25) is 0 Å². The van der Waals surface area contributed by atoms with Gasteiger partial charge in [-0.05, 0) is 36.4 Å². The second-order valence-electron chi connectivity index (χ2n) is 8.17. The van der Waals surface area contributed by atoms with E-state index in [2.05, 4.69) is 54.2 Å². The molecule has 8 nitrogen and oxygen atoms in total. The van der Waals surface area contributed by atoms with Gasteiger partial charge in [0.1, 0.15) is 18.0 Å². The minimum Gasteiger partial charge on any atom is -0.378 e. The topological polar surface area (TPSA) is 73.8 Å². The Hall–Kier alpha value is -3.65. The number of benzene rings is 2. The fourth-order valence-electron chi connectivity index (χ4n) is 4.25. The number of aromatic nitrogens is 2. The Kier molecular flexibility index (Phi) is 6.34. The van der Waals surface area contributed by atoms with Crippen LogP contribution in [-0.2, 0) is 4.74 Å². The molecule has 5 rings (SSSR count). The molecule has 33 heavy (non-hydrogen) atoms. The van der Waals surface area contributed by atoms with Crippen molar-refractivity contribution in [1.82, 2.24) is 9.97 Å². The molecule has 8 heteroatoms. The highest BCUT2D eigenvalue weighted by molar-refractivity contribution is 6.04. The van der Waals surface area contributed by atoms with Gasteiger partial charge in [-0.25, -0.2) is 9.97 Å². The highest BCUT2D eigenvalue weighted by atomic mass is 16.5. The maximum absolute atomic E-state index is 12.8. The number of rotatable bonds is 5. The van der Waals surface area contributed by atoms with Gasteiger partial charge in [0.05, 0.1) is 13.2 Å². The molecule has 0 spiro atoms. The van der Waals surface area contributed by atoms with Gasteiger partial charge in [-0.1, -0.05) is 18.2 Å². The third kappa shape index (κ3) is 5.06. The van der Waals surface area contributed by atoms with Crippen LogP contribution in [-0.4, -0.2) is 68.4 Å². The van der Waals surface area contributed by atoms with E-state index < -0.39 is 0 Å². The third-order valence-electron chi connectivity index (χ3n) is 6.12. The number of nitrogens with one attached hydrogen (secondary N) is 1. The van der Waals surface area contributed by atoms with Gasteiger partial charge in [0.25, 0.3) is 5.91 Å². The monoisotopic (exact) mass is 444 g/mol. The average molecular weight is 445 g/mol. The van der Waals surface area contributed by atoms with Gasteiger partial charge in [0.15, 0.2) is 0 Å². The zero-order valence-corrected chi connectivity index (χ0v) is 18.6. The van der Waals surface area contributed by atoms with E-state index in [-0.39, 0.29) is 5.91 Å². The number of anilines is 4. The molecule has 2 aromatic carbocycles. The third-order valence-corrected chi connectivity index (χ3v) is 6.12. The summed E-state index contributed by atoms with van der Waals surface area (Å²) in [6.07, 6.45) is 1.51. The lowest BCUT2D eigenvalue weighted by molar-refractivity contribution is 0.102. The van der Waals surface area contributed by atoms with Gasteiger partial charge < -0.3 is 24.8 Å². The first kappa shape index (κ1) is 21.2. The summed E-state index contributed by atoms with van der Waals surface area (Å²) < 4.78 is 5.40. The van der Waals surface area contributed by atoms with Crippen molar-refractivity contribution in [3.63, 3.8) is 0 Å². The molecular weight excluding hydrogens is 416 g/mol. The number of nitrogens with zero attached hydrogens (tertiary/aromatic N) is 5. The Bertz CT molecular complexity index is 1060. The van der Waals surface area contributed by atoms with Crippen LogP contribution >= 0.6 is 0 Å². The average Bonchev–Trinajstić information content (AvgIpc) is 2.90. The Morgan fingerprint density at radius 2 is 1.39 bits per heavy atom. The van der Waals surface area contributed by atoms with Crippen molar-refractivity contribution < 1.29 is 9.53 Å². The quantitative estimate of drug-likeness (QED) is 0.649. The van der Waals surface area contributed by atoms with Gasteiger partial charge in [-0.2, -0.15) is 0 Å². The normalized spacial score (nSPS) is 16.5. The first-order valence-electron chi connectivity index (χ1n) is 11.4. The number of morpholine rings is 1. The summed E-state index contributed by atoms with van der Waals surface area (Å²) in [7, 11) is 0. The van der Waals surface area contributed by atoms with E-state index in [1.54, 1.807) is 0 Å². The Morgan fingerprint density at radius 1 is 0.758 bits per heavy atom. The van der Waals surface area contributed by atoms with E-state index in [9.17, 15) is 4.79 Å². The van der Waals surface area contributed by atoms with E-state index in [0.717, 1.165) is 64.0 Å². The molecule has 0 saturated carbocycles. The fraction of sp³-hybridized carbons (Fsp3) is 0.320. The van der Waals surface area contributed by atoms with Crippen molar-refractivity contribution in [3.05, 3.63) is 72.6 Å². The Morgan fingerprint density at radius 3 is 2.12 bits per heavy atom. The predicted octanol–water partition coefficient (Wildman–Crippen LogP) is 2.89. The molecule has 170 valence electrons. The highest BCUT2D eigenvalue weighted by Crippen LogP contribution is 2.21. The standard InChI is InChI=1S/C25H28N6O2/c32-25(20-6-8-22(9-7-20)30-14-16-33-17-15-30)28-23-18-24(27-19-26-23)31-12-10-29(11-13-31)21-4-2-1-3-5-21/h1-9,18-19H,10-17H2,(H,26,27,28,32). The van der Waals surface area contributed by atoms with Crippen LogP contribution < -0.4 is 20.0 Å². The Balaban J connectivity index is 1.19. The number of ether oxygens (including phenoxy) is 1. The summed E-state index contributed by atoms with van der Waals surface area (Å²) in [5.41, 5.74) is 2.95. The molecule has 0 radical (unpaired) electrons. The van der Waals surface area contributed by atoms with Gasteiger partial charge >= 0.3 is 0 Å². The lowest BCUT2D eigenvalue weighted by Crippen LogP contribution is -2.46. The molecule has 1 amide bonds. The molecule has 3 aromatic rings. The van der Waals surface area contributed by atoms with Gasteiger partial charge in [-0.15, -0.1) is 0 Å². The number of piperazine rings is 1. The molecule has 0 unspecified atom stereocenters. The molecule has 1 N–H and O–H groups in total. The van der Waals surface area contributed by atoms with Crippen molar-refractivity contribution in [3.8, 4) is 0 Å². The second-order valence-corrected chi connectivity index (χ2v) is 8.17. The van der Waals surface area contributed by atoms with Crippen LogP contribution in [0.2, 0.25) is 0 Å². The van der Waals surface area contributed by atoms with E-state index in [0.29, 0.717) is 11.4 Å². The molecular formula is C25H28N6O2. The number of carbonyl (C=O) groups excluding carboxylic acids is 1. The van der Waals surface area contributed by atoms with Crippen LogP contribution in [0.3, 0.4) is 0 Å². The zero-order valence-electron chi connectivity index (χ0n) is 18.6. The molecule has 0 atom stereocenters. The number of para-hydroxylation sites is 1. The largest absolute Gasteiger partial charge is 0.378 e. The van der Waals surface area contributed by atoms with Crippen molar-refractivity contribution in [2.24, 2.45) is 0 Å². The van der Waals surface area contributed by atoms with Crippen LogP contribution in [0.15, 0.2) is 67.0 Å². The van der Waals surface area contributed by atoms with E-state index in [4.69, 9.17) is 4.74 Å². The molecule has 2 aliphatic heterocycles. The summed E-state index contributed by atoms with van der Waals surface area (Å²) >= 11 is 0. The molecule has 0 aliphatic carbocycles. The molecule has 2 fully saturated rings. The number of hydrogen-bond acceptors (Lipinski definition) is 7. The first-order chi connectivity index (χ1) is 16.3. The fourth-order valence-corrected chi connectivity index (χ4v) is 4.25. The van der Waals surface area contributed by atoms with Crippen LogP contribution in [0.4, 0.5) is 23.0 Å². The van der Waals surface area contributed by atoms with Crippen LogP contribution in [0.25, 0.3) is 0 Å². The summed E-state index contributed by atoms with van der Waals surface area (Å²) in [5, 5.41) is 2.91. The minimum atomic E-state index is -0.179. The van der Waals surface area contributed by atoms with Crippen LogP contribution in [0.1, 0.15) is 10.4 Å². The van der Waals surface area contributed by atoms with Crippen molar-refractivity contribution >= 4 is 28.9 Å². The summed E-state index contributed by atoms with van der Waals surface area (Å²) in [6.45, 7) is 6.78. The van der Waals surface area contributed by atoms with Crippen molar-refractivity contribution in [2.75, 3.05) is 72.5 Å². The maximum atomic E-state index is 12.8. The van der Waals surface area contributed by atoms with Crippen LogP contribution in [0.5, 0.6) is 0 Å². The summed E-state index contributed by atoms with van der Waals surface area (Å²) in [4.78, 5) is 28.3. The van der Waals surface area contributed by atoms with Crippen molar-refractivity contribution in [2.45, 2.75) is 0 Å². The predicted molar refractivity (Wildman–Crippen MR) is 130 cm³/mol. The molecule has 1 aromatic heterocycles. The SMILES string of the molecule is O=C(Nc1cc(N2CCN(c3ccccc3)CC2)ncn1)c1ccc(N2CCOCC2)cc1. The number of hydrogen-bond donors (Lipinski definition) is 1. The second kappa shape index (κ2) is 9.87. The summed E-state index contributed by atoms with van der Waals surface area (Å²) in [6, 6.07) is 20.0. The van der Waals surface area contributed by atoms with Crippen molar-refractivity contribution in [1.29, 1.82) is 0 Å². The van der Waals surface area contributed by atoms with Gasteiger partial charge in [0, 0.05) is 62.3 Å². The number of carbonyl (C=O) groups is 1. The molecule has 2 saturated heterocycles. The van der Waals surface area contributed by atoms with Crippen LogP contribution in [0, 0.1) is 0 Å². The number of amides is 1. The zero-order chi connectivity index (χ0) is 22.5. The maximum Gasteiger partial charge on any atom is 0.256 e. The van der Waals surface area contributed by atoms with Gasteiger partial charge in [-0.3, -0.25) is 4.79 Å². The smallest absolute Gasteiger partial charge is 0.256 e. The lowest BCUT2D eigenvalue weighted by Gasteiger charge is -2.36. The van der Waals surface area contributed by atoms with E-state index in [1.807, 2.05) is 36.4 Å². The lowest BCUT2D eigenvalue weighted by atomic mass is 10.1. The molecule has 3 heterocycles. The molecule has 2 aliphatic rings. The van der Waals surface area contributed by atoms with E-state index in [1.165, 1.54) is 12.0 Å². The highest BCUT2D eigenvalue weighted by Gasteiger charge is 2.19. The summed E-state index contributed by atoms with van der Waals surface area (Å²) in [5.74, 6) is 1.16. The first-order valence-corrected chi connectivity index (χ1v) is 11.4. The molecule has 0 bridgehead atoms. The minimum absolute atomic E-state index is 0.179. The Labute approximate surface area is 193 Å². The van der Waals surface area contributed by atoms with E-state index >= 15 is 0 Å².